The van der Waals surface area contributed by atoms with Crippen molar-refractivity contribution in [2.45, 2.75) is 89.6 Å². The quantitative estimate of drug-likeness (QED) is 0.0510. The number of hydrogen-bond acceptors (Lipinski definition) is 8. The molecule has 1 fully saturated rings. The summed E-state index contributed by atoms with van der Waals surface area (Å²) >= 11 is 0. The molecule has 44 heavy (non-hydrogen) atoms. The van der Waals surface area contributed by atoms with E-state index in [0.717, 1.165) is 54.4 Å². The Morgan fingerprint density at radius 1 is 0.955 bits per heavy atom. The van der Waals surface area contributed by atoms with Crippen molar-refractivity contribution in [3.8, 4) is 11.1 Å². The van der Waals surface area contributed by atoms with Crippen molar-refractivity contribution in [2.75, 3.05) is 6.61 Å². The number of aliphatic hydroxyl groups is 1. The van der Waals surface area contributed by atoms with Crippen molar-refractivity contribution >= 4 is 29.2 Å². The zero-order valence-electron chi connectivity index (χ0n) is 25.9. The number of hydrogen-bond donors (Lipinski definition) is 1. The number of benzene rings is 2. The summed E-state index contributed by atoms with van der Waals surface area (Å²) in [6, 6.07) is 11.1. The van der Waals surface area contributed by atoms with Crippen LogP contribution in [0.3, 0.4) is 0 Å². The van der Waals surface area contributed by atoms with Gasteiger partial charge in [-0.25, -0.2) is 9.59 Å². The summed E-state index contributed by atoms with van der Waals surface area (Å²) in [5.74, 6) is -2.03. The van der Waals surface area contributed by atoms with Gasteiger partial charge in [-0.1, -0.05) is 75.2 Å². The highest BCUT2D eigenvalue weighted by Crippen LogP contribution is 2.53. The minimum atomic E-state index is -1.36. The second-order valence-corrected chi connectivity index (χ2v) is 11.7. The van der Waals surface area contributed by atoms with Crippen molar-refractivity contribution in [3.05, 3.63) is 83.5 Å². The van der Waals surface area contributed by atoms with Crippen molar-refractivity contribution in [1.82, 2.24) is 0 Å². The third-order valence-corrected chi connectivity index (χ3v) is 8.95. The third-order valence-electron chi connectivity index (χ3n) is 8.95. The number of fused-ring (bicyclic) bond motifs is 3. The van der Waals surface area contributed by atoms with Crippen LogP contribution in [0.15, 0.2) is 66.4 Å². The number of oxime groups is 1. The SMILES string of the molecule is C=CCC(=O)O/N=C(\CCOC(=O)C(=C)C)C(=O)c1ccc2c(c1)-c1cc(C(=O)C3(O)CCCCC3)ccc1C2(CC)CC. The fraction of sp³-hybridized carbons (Fsp3) is 0.417. The number of carbonyl (C=O) groups excluding carboxylic acids is 4. The van der Waals surface area contributed by atoms with Crippen LogP contribution < -0.4 is 0 Å². The largest absolute Gasteiger partial charge is 0.462 e. The molecule has 232 valence electrons. The maximum Gasteiger partial charge on any atom is 0.338 e. The van der Waals surface area contributed by atoms with Crippen molar-refractivity contribution in [3.63, 3.8) is 0 Å². The van der Waals surface area contributed by atoms with Gasteiger partial charge in [-0.05, 0) is 67.0 Å². The predicted molar refractivity (Wildman–Crippen MR) is 169 cm³/mol. The number of esters is 1. The summed E-state index contributed by atoms with van der Waals surface area (Å²) in [4.78, 5) is 56.2. The van der Waals surface area contributed by atoms with E-state index in [2.05, 4.69) is 32.2 Å². The van der Waals surface area contributed by atoms with Crippen molar-refractivity contribution in [2.24, 2.45) is 5.16 Å². The van der Waals surface area contributed by atoms with Gasteiger partial charge in [-0.2, -0.15) is 0 Å². The Balaban J connectivity index is 1.74. The van der Waals surface area contributed by atoms with Crippen LogP contribution >= 0.6 is 0 Å². The number of ketones is 2. The molecular formula is C36H41NO7. The first-order valence-electron chi connectivity index (χ1n) is 15.3. The van der Waals surface area contributed by atoms with E-state index in [1.165, 1.54) is 13.0 Å². The number of Topliss-reactive ketones (excluding diaryl/α,β-unsaturated/α-hetero) is 2. The van der Waals surface area contributed by atoms with E-state index in [1.54, 1.807) is 12.1 Å². The molecule has 0 saturated heterocycles. The minimum absolute atomic E-state index is 0.0853. The topological polar surface area (TPSA) is 119 Å². The molecule has 4 rings (SSSR count). The molecule has 1 N–H and O–H groups in total. The van der Waals surface area contributed by atoms with Gasteiger partial charge in [-0.15, -0.1) is 6.58 Å². The summed E-state index contributed by atoms with van der Waals surface area (Å²) in [6.45, 7) is 12.7. The zero-order chi connectivity index (χ0) is 32.1. The molecule has 0 spiro atoms. The lowest BCUT2D eigenvalue weighted by Gasteiger charge is -2.31. The van der Waals surface area contributed by atoms with Crippen molar-refractivity contribution in [1.29, 1.82) is 0 Å². The monoisotopic (exact) mass is 599 g/mol. The lowest BCUT2D eigenvalue weighted by atomic mass is 9.73. The highest BCUT2D eigenvalue weighted by molar-refractivity contribution is 6.46. The normalized spacial score (nSPS) is 16.3. The number of carbonyl (C=O) groups is 4. The number of nitrogens with zero attached hydrogens (tertiary/aromatic N) is 1. The van der Waals surface area contributed by atoms with Crippen LogP contribution in [-0.2, 0) is 24.6 Å². The molecule has 2 aromatic rings. The summed E-state index contributed by atoms with van der Waals surface area (Å²) in [6.07, 6.45) is 6.36. The van der Waals surface area contributed by atoms with Gasteiger partial charge in [-0.3, -0.25) is 9.59 Å². The van der Waals surface area contributed by atoms with Crippen LogP contribution in [0, 0.1) is 0 Å². The van der Waals surface area contributed by atoms with Gasteiger partial charge >= 0.3 is 11.9 Å². The molecule has 0 aromatic heterocycles. The first kappa shape index (κ1) is 32.7. The smallest absolute Gasteiger partial charge is 0.338 e. The molecule has 0 amide bonds. The molecule has 0 radical (unpaired) electrons. The van der Waals surface area contributed by atoms with E-state index >= 15 is 0 Å². The molecule has 2 aromatic carbocycles. The lowest BCUT2D eigenvalue weighted by Crippen LogP contribution is -2.40. The van der Waals surface area contributed by atoms with Crippen LogP contribution in [0.25, 0.3) is 11.1 Å². The fourth-order valence-electron chi connectivity index (χ4n) is 6.43. The van der Waals surface area contributed by atoms with Crippen molar-refractivity contribution < 1.29 is 33.9 Å². The fourth-order valence-corrected chi connectivity index (χ4v) is 6.43. The van der Waals surface area contributed by atoms with Crippen LogP contribution in [0.2, 0.25) is 0 Å². The average molecular weight is 600 g/mol. The molecule has 0 bridgehead atoms. The Bertz CT molecular complexity index is 1520. The molecule has 2 aliphatic rings. The van der Waals surface area contributed by atoms with Gasteiger partial charge in [0, 0.05) is 28.5 Å². The maximum absolute atomic E-state index is 13.8. The Labute approximate surface area is 258 Å². The summed E-state index contributed by atoms with van der Waals surface area (Å²) < 4.78 is 5.16. The van der Waals surface area contributed by atoms with Gasteiger partial charge in [0.1, 0.15) is 11.3 Å². The number of ether oxygens (including phenoxy) is 1. The molecule has 2 aliphatic carbocycles. The second-order valence-electron chi connectivity index (χ2n) is 11.7. The van der Waals surface area contributed by atoms with Crippen LogP contribution in [-0.4, -0.2) is 46.5 Å². The van der Waals surface area contributed by atoms with E-state index in [9.17, 15) is 24.3 Å². The Kier molecular flexibility index (Phi) is 10.1. The molecule has 0 aliphatic heterocycles. The highest BCUT2D eigenvalue weighted by Gasteiger charge is 2.43. The molecule has 0 atom stereocenters. The lowest BCUT2D eigenvalue weighted by molar-refractivity contribution is -0.143. The maximum atomic E-state index is 13.8. The van der Waals surface area contributed by atoms with Crippen LogP contribution in [0.4, 0.5) is 0 Å². The van der Waals surface area contributed by atoms with Gasteiger partial charge in [0.05, 0.1) is 13.0 Å². The molecule has 1 saturated carbocycles. The summed E-state index contributed by atoms with van der Waals surface area (Å²) in [5, 5.41) is 15.0. The average Bonchev–Trinajstić information content (AvgIpc) is 3.30. The summed E-state index contributed by atoms with van der Waals surface area (Å²) in [7, 11) is 0. The van der Waals surface area contributed by atoms with Gasteiger partial charge in [0.2, 0.25) is 5.78 Å². The molecule has 0 unspecified atom stereocenters. The molecule has 0 heterocycles. The second kappa shape index (κ2) is 13.6. The van der Waals surface area contributed by atoms with Gasteiger partial charge in [0.15, 0.2) is 5.78 Å². The van der Waals surface area contributed by atoms with Gasteiger partial charge in [0.25, 0.3) is 0 Å². The predicted octanol–water partition coefficient (Wildman–Crippen LogP) is 6.82. The Morgan fingerprint density at radius 3 is 2.11 bits per heavy atom. The van der Waals surface area contributed by atoms with E-state index < -0.39 is 23.3 Å². The number of rotatable bonds is 13. The molecule has 8 nitrogen and oxygen atoms in total. The van der Waals surface area contributed by atoms with Gasteiger partial charge < -0.3 is 14.7 Å². The van der Waals surface area contributed by atoms with E-state index in [1.807, 2.05) is 24.3 Å². The first-order chi connectivity index (χ1) is 21.0. The van der Waals surface area contributed by atoms with Crippen LogP contribution in [0.1, 0.15) is 110 Å². The molecular weight excluding hydrogens is 558 g/mol. The Hall–Kier alpha value is -4.17. The standard InChI is InChI=1S/C36H41NO7/c1-6-12-31(38)44-37-30(17-20-43-34(41)23(4)5)32(39)24-13-15-28-26(21-24)27-22-25(14-16-29(27)35(28,7-2)8-3)33(40)36(42)18-10-9-11-19-36/h6,13-16,21-22,42H,1,4,7-12,17-20H2,2-3,5H3/b37-30+. The third kappa shape index (κ3) is 6.36. The zero-order valence-corrected chi connectivity index (χ0v) is 25.9. The van der Waals surface area contributed by atoms with E-state index in [0.29, 0.717) is 24.0 Å². The van der Waals surface area contributed by atoms with E-state index in [-0.39, 0.29) is 41.9 Å². The molecule has 8 heteroatoms. The first-order valence-corrected chi connectivity index (χ1v) is 15.3. The summed E-state index contributed by atoms with van der Waals surface area (Å²) in [5.41, 5.74) is 3.05. The van der Waals surface area contributed by atoms with Crippen LogP contribution in [0.5, 0.6) is 0 Å². The Morgan fingerprint density at radius 2 is 1.55 bits per heavy atom. The van der Waals surface area contributed by atoms with E-state index in [4.69, 9.17) is 9.57 Å². The highest BCUT2D eigenvalue weighted by atomic mass is 16.7. The minimum Gasteiger partial charge on any atom is -0.462 e.